The van der Waals surface area contributed by atoms with Gasteiger partial charge in [0.05, 0.1) is 12.8 Å². The van der Waals surface area contributed by atoms with E-state index < -0.39 is 0 Å². The van der Waals surface area contributed by atoms with Crippen molar-refractivity contribution in [3.8, 4) is 5.75 Å². The van der Waals surface area contributed by atoms with E-state index in [1.807, 2.05) is 22.7 Å². The lowest BCUT2D eigenvalue weighted by atomic mass is 9.96. The van der Waals surface area contributed by atoms with E-state index in [0.717, 1.165) is 30.1 Å². The van der Waals surface area contributed by atoms with Crippen LogP contribution in [-0.2, 0) is 19.4 Å². The largest absolute Gasteiger partial charge is 0.497 e. The fourth-order valence-electron chi connectivity index (χ4n) is 3.14. The number of fused-ring (bicyclic) bond motifs is 2. The first-order valence-corrected chi connectivity index (χ1v) is 7.93. The molecule has 1 aromatic carbocycles. The number of hydrogen-bond acceptors (Lipinski definition) is 5. The Bertz CT molecular complexity index is 842. The molecule has 0 atom stereocenters. The standard InChI is InChI=1S/C17H19N5O/c1-23-13-6-4-5-12(9-13)10-18-16-14-7-2-3-8-15(14)21-17-19-11-20-22(16)17/h4-6,9,11,18H,2-3,7-8,10H2,1H3. The molecule has 4 rings (SSSR count). The molecule has 23 heavy (non-hydrogen) atoms. The lowest BCUT2D eigenvalue weighted by molar-refractivity contribution is 0.414. The van der Waals surface area contributed by atoms with Crippen molar-refractivity contribution in [1.82, 2.24) is 19.6 Å². The molecule has 1 aliphatic rings. The summed E-state index contributed by atoms with van der Waals surface area (Å²) in [5, 5.41) is 7.86. The average Bonchev–Trinajstić information content (AvgIpc) is 3.07. The Morgan fingerprint density at radius 1 is 1.26 bits per heavy atom. The van der Waals surface area contributed by atoms with E-state index in [4.69, 9.17) is 4.74 Å². The van der Waals surface area contributed by atoms with Gasteiger partial charge in [-0.25, -0.2) is 4.98 Å². The van der Waals surface area contributed by atoms with Crippen LogP contribution in [0.3, 0.4) is 0 Å². The number of anilines is 1. The molecule has 0 unspecified atom stereocenters. The maximum atomic E-state index is 5.29. The molecule has 0 amide bonds. The minimum absolute atomic E-state index is 0.666. The topological polar surface area (TPSA) is 64.3 Å². The highest BCUT2D eigenvalue weighted by Crippen LogP contribution is 2.27. The zero-order valence-corrected chi connectivity index (χ0v) is 13.1. The second-order valence-corrected chi connectivity index (χ2v) is 5.77. The van der Waals surface area contributed by atoms with Gasteiger partial charge in [-0.05, 0) is 43.4 Å². The SMILES string of the molecule is COc1cccc(CNc2c3c(nc4ncnn24)CCCC3)c1. The van der Waals surface area contributed by atoms with E-state index in [1.165, 1.54) is 24.0 Å². The molecule has 0 saturated carbocycles. The maximum Gasteiger partial charge on any atom is 0.254 e. The number of ether oxygens (including phenoxy) is 1. The van der Waals surface area contributed by atoms with Crippen molar-refractivity contribution < 1.29 is 4.74 Å². The Kier molecular flexibility index (Phi) is 3.57. The number of hydrogen-bond donors (Lipinski definition) is 1. The Hall–Kier alpha value is -2.63. The second kappa shape index (κ2) is 5.87. The van der Waals surface area contributed by atoms with Gasteiger partial charge in [0.15, 0.2) is 0 Å². The molecule has 0 radical (unpaired) electrons. The molecule has 3 aromatic rings. The van der Waals surface area contributed by atoms with Crippen molar-refractivity contribution in [3.05, 3.63) is 47.4 Å². The predicted molar refractivity (Wildman–Crippen MR) is 87.7 cm³/mol. The van der Waals surface area contributed by atoms with Gasteiger partial charge >= 0.3 is 0 Å². The highest BCUT2D eigenvalue weighted by atomic mass is 16.5. The molecular formula is C17H19N5O. The Balaban J connectivity index is 1.68. The average molecular weight is 309 g/mol. The van der Waals surface area contributed by atoms with Crippen LogP contribution in [0.25, 0.3) is 5.78 Å². The molecule has 2 aromatic heterocycles. The van der Waals surface area contributed by atoms with Crippen molar-refractivity contribution in [2.45, 2.75) is 32.2 Å². The minimum Gasteiger partial charge on any atom is -0.497 e. The van der Waals surface area contributed by atoms with E-state index in [0.29, 0.717) is 12.3 Å². The van der Waals surface area contributed by atoms with E-state index in [-0.39, 0.29) is 0 Å². The van der Waals surface area contributed by atoms with Gasteiger partial charge in [0.1, 0.15) is 17.9 Å². The van der Waals surface area contributed by atoms with Crippen LogP contribution >= 0.6 is 0 Å². The number of methoxy groups -OCH3 is 1. The van der Waals surface area contributed by atoms with Gasteiger partial charge in [-0.3, -0.25) is 0 Å². The molecule has 6 heteroatoms. The molecular weight excluding hydrogens is 290 g/mol. The summed E-state index contributed by atoms with van der Waals surface area (Å²) in [4.78, 5) is 8.90. The number of aromatic nitrogens is 4. The summed E-state index contributed by atoms with van der Waals surface area (Å²) in [5.74, 6) is 2.55. The summed E-state index contributed by atoms with van der Waals surface area (Å²) in [6.07, 6.45) is 6.01. The van der Waals surface area contributed by atoms with Crippen LogP contribution in [0.2, 0.25) is 0 Å². The normalized spacial score (nSPS) is 13.8. The molecule has 1 aliphatic carbocycles. The molecule has 0 saturated heterocycles. The van der Waals surface area contributed by atoms with Crippen LogP contribution in [0.5, 0.6) is 5.75 Å². The van der Waals surface area contributed by atoms with E-state index in [2.05, 4.69) is 26.4 Å². The highest BCUT2D eigenvalue weighted by molar-refractivity contribution is 5.54. The maximum absolute atomic E-state index is 5.29. The zero-order valence-electron chi connectivity index (χ0n) is 13.1. The predicted octanol–water partition coefficient (Wildman–Crippen LogP) is 2.62. The van der Waals surface area contributed by atoms with Gasteiger partial charge in [-0.15, -0.1) is 0 Å². The van der Waals surface area contributed by atoms with Crippen LogP contribution in [0.4, 0.5) is 5.82 Å². The molecule has 118 valence electrons. The second-order valence-electron chi connectivity index (χ2n) is 5.77. The first-order chi connectivity index (χ1) is 11.3. The van der Waals surface area contributed by atoms with E-state index in [9.17, 15) is 0 Å². The number of aryl methyl sites for hydroxylation is 1. The van der Waals surface area contributed by atoms with Crippen molar-refractivity contribution >= 4 is 11.6 Å². The van der Waals surface area contributed by atoms with E-state index in [1.54, 1.807) is 13.4 Å². The van der Waals surface area contributed by atoms with Gasteiger partial charge in [0.2, 0.25) is 0 Å². The van der Waals surface area contributed by atoms with Crippen molar-refractivity contribution in [2.75, 3.05) is 12.4 Å². The Labute approximate surface area is 134 Å². The molecule has 0 fully saturated rings. The first-order valence-electron chi connectivity index (χ1n) is 7.93. The number of benzene rings is 1. The summed E-state index contributed by atoms with van der Waals surface area (Å²) >= 11 is 0. The highest BCUT2D eigenvalue weighted by Gasteiger charge is 2.19. The van der Waals surface area contributed by atoms with Gasteiger partial charge in [-0.2, -0.15) is 14.6 Å². The summed E-state index contributed by atoms with van der Waals surface area (Å²) in [5.41, 5.74) is 3.60. The van der Waals surface area contributed by atoms with Gasteiger partial charge in [-0.1, -0.05) is 12.1 Å². The fourth-order valence-corrected chi connectivity index (χ4v) is 3.14. The smallest absolute Gasteiger partial charge is 0.254 e. The molecule has 2 heterocycles. The van der Waals surface area contributed by atoms with Crippen LogP contribution in [0.15, 0.2) is 30.6 Å². The molecule has 0 aliphatic heterocycles. The fraction of sp³-hybridized carbons (Fsp3) is 0.353. The third-order valence-corrected chi connectivity index (χ3v) is 4.30. The number of nitrogens with zero attached hydrogens (tertiary/aromatic N) is 4. The lowest BCUT2D eigenvalue weighted by Gasteiger charge is -2.20. The Morgan fingerprint density at radius 3 is 3.09 bits per heavy atom. The third-order valence-electron chi connectivity index (χ3n) is 4.30. The van der Waals surface area contributed by atoms with Crippen molar-refractivity contribution in [1.29, 1.82) is 0 Å². The van der Waals surface area contributed by atoms with Crippen molar-refractivity contribution in [2.24, 2.45) is 0 Å². The van der Waals surface area contributed by atoms with Gasteiger partial charge in [0, 0.05) is 12.1 Å². The number of rotatable bonds is 4. The Morgan fingerprint density at radius 2 is 2.17 bits per heavy atom. The van der Waals surface area contributed by atoms with Crippen LogP contribution in [0.1, 0.15) is 29.7 Å². The summed E-state index contributed by atoms with van der Waals surface area (Å²) in [7, 11) is 1.69. The zero-order chi connectivity index (χ0) is 15.6. The number of nitrogens with one attached hydrogen (secondary N) is 1. The van der Waals surface area contributed by atoms with Crippen LogP contribution in [-0.4, -0.2) is 26.7 Å². The quantitative estimate of drug-likeness (QED) is 0.802. The minimum atomic E-state index is 0.666. The van der Waals surface area contributed by atoms with Gasteiger partial charge < -0.3 is 10.1 Å². The van der Waals surface area contributed by atoms with Crippen LogP contribution < -0.4 is 10.1 Å². The summed E-state index contributed by atoms with van der Waals surface area (Å²) in [6.45, 7) is 0.711. The first kappa shape index (κ1) is 14.0. The molecule has 0 bridgehead atoms. The van der Waals surface area contributed by atoms with Gasteiger partial charge in [0.25, 0.3) is 5.78 Å². The third kappa shape index (κ3) is 2.60. The van der Waals surface area contributed by atoms with E-state index >= 15 is 0 Å². The molecule has 1 N–H and O–H groups in total. The lowest BCUT2D eigenvalue weighted by Crippen LogP contribution is -2.15. The molecule has 0 spiro atoms. The summed E-state index contributed by atoms with van der Waals surface area (Å²) < 4.78 is 7.10. The molecule has 6 nitrogen and oxygen atoms in total. The van der Waals surface area contributed by atoms with Crippen molar-refractivity contribution in [3.63, 3.8) is 0 Å². The summed E-state index contributed by atoms with van der Waals surface area (Å²) in [6, 6.07) is 8.08. The monoisotopic (exact) mass is 309 g/mol. The van der Waals surface area contributed by atoms with Crippen LogP contribution in [0, 0.1) is 0 Å².